The van der Waals surface area contributed by atoms with Crippen LogP contribution in [-0.4, -0.2) is 12.5 Å². The molecule has 2 N–H and O–H groups in total. The zero-order valence-corrected chi connectivity index (χ0v) is 10.6. The fourth-order valence-electron chi connectivity index (χ4n) is 2.42. The van der Waals surface area contributed by atoms with Gasteiger partial charge in [0.15, 0.2) is 5.96 Å². The summed E-state index contributed by atoms with van der Waals surface area (Å²) in [5, 5.41) is 0. The van der Waals surface area contributed by atoms with Gasteiger partial charge in [0.2, 0.25) is 0 Å². The third-order valence-electron chi connectivity index (χ3n) is 3.34. The third kappa shape index (κ3) is 2.11. The largest absolute Gasteiger partial charge is 0.369 e. The summed E-state index contributed by atoms with van der Waals surface area (Å²) < 4.78 is 27.3. The van der Waals surface area contributed by atoms with Gasteiger partial charge >= 0.3 is 0 Å². The number of rotatable bonds is 2. The van der Waals surface area contributed by atoms with Crippen molar-refractivity contribution >= 4 is 11.6 Å². The Kier molecular flexibility index (Phi) is 3.10. The Morgan fingerprint density at radius 3 is 2.65 bits per heavy atom. The minimum atomic E-state index is -0.366. The van der Waals surface area contributed by atoms with Crippen LogP contribution in [0.25, 0.3) is 0 Å². The Balaban J connectivity index is 2.03. The van der Waals surface area contributed by atoms with Crippen LogP contribution in [0.2, 0.25) is 0 Å². The number of halogens is 2. The number of aliphatic imine (C=N–C) groups is 1. The lowest BCUT2D eigenvalue weighted by Crippen LogP contribution is -2.36. The molecule has 1 heterocycles. The minimum absolute atomic E-state index is 0.267. The van der Waals surface area contributed by atoms with Crippen molar-refractivity contribution in [2.75, 3.05) is 11.4 Å². The zero-order chi connectivity index (χ0) is 14.1. The van der Waals surface area contributed by atoms with Gasteiger partial charge in [-0.1, -0.05) is 24.3 Å². The van der Waals surface area contributed by atoms with Crippen molar-refractivity contribution in [1.82, 2.24) is 0 Å². The third-order valence-corrected chi connectivity index (χ3v) is 3.34. The quantitative estimate of drug-likeness (QED) is 0.914. The van der Waals surface area contributed by atoms with Crippen molar-refractivity contribution in [2.24, 2.45) is 10.7 Å². The first kappa shape index (κ1) is 12.6. The van der Waals surface area contributed by atoms with Gasteiger partial charge in [0.05, 0.1) is 12.6 Å². The smallest absolute Gasteiger partial charge is 0.196 e. The Labute approximate surface area is 115 Å². The fraction of sp³-hybridized carbons (Fsp3) is 0.133. The molecular weight excluding hydrogens is 260 g/mol. The summed E-state index contributed by atoms with van der Waals surface area (Å²) in [4.78, 5) is 5.81. The van der Waals surface area contributed by atoms with Gasteiger partial charge in [-0.3, -0.25) is 4.99 Å². The first-order valence-electron chi connectivity index (χ1n) is 6.26. The molecule has 0 aromatic heterocycles. The molecule has 20 heavy (non-hydrogen) atoms. The van der Waals surface area contributed by atoms with E-state index in [0.29, 0.717) is 17.8 Å². The summed E-state index contributed by atoms with van der Waals surface area (Å²) in [5.41, 5.74) is 6.94. The molecule has 3 nitrogen and oxygen atoms in total. The SMILES string of the molecule is NC1=NCC(c2ccccc2F)N1c1cccc(F)c1. The van der Waals surface area contributed by atoms with Gasteiger partial charge in [-0.05, 0) is 24.3 Å². The maximum atomic E-state index is 13.9. The Morgan fingerprint density at radius 1 is 1.10 bits per heavy atom. The van der Waals surface area contributed by atoms with Crippen molar-refractivity contribution in [3.63, 3.8) is 0 Å². The second kappa shape index (κ2) is 4.92. The van der Waals surface area contributed by atoms with Crippen molar-refractivity contribution in [3.8, 4) is 0 Å². The molecule has 0 amide bonds. The average Bonchev–Trinajstić information content (AvgIpc) is 2.81. The summed E-state index contributed by atoms with van der Waals surface area (Å²) in [5.74, 6) is -0.415. The predicted octanol–water partition coefficient (Wildman–Crippen LogP) is 2.84. The molecule has 5 heteroatoms. The molecule has 0 fully saturated rings. The molecule has 0 saturated carbocycles. The molecule has 0 aliphatic carbocycles. The normalized spacial score (nSPS) is 18.2. The highest BCUT2D eigenvalue weighted by atomic mass is 19.1. The van der Waals surface area contributed by atoms with Crippen LogP contribution >= 0.6 is 0 Å². The first-order valence-corrected chi connectivity index (χ1v) is 6.26. The molecule has 0 radical (unpaired) electrons. The number of hydrogen-bond acceptors (Lipinski definition) is 3. The fourth-order valence-corrected chi connectivity index (χ4v) is 2.42. The van der Waals surface area contributed by atoms with E-state index in [0.717, 1.165) is 0 Å². The van der Waals surface area contributed by atoms with Gasteiger partial charge < -0.3 is 10.6 Å². The van der Waals surface area contributed by atoms with Gasteiger partial charge in [0.25, 0.3) is 0 Å². The van der Waals surface area contributed by atoms with Crippen LogP contribution in [0.3, 0.4) is 0 Å². The second-order valence-corrected chi connectivity index (χ2v) is 4.59. The van der Waals surface area contributed by atoms with Crippen LogP contribution in [0.15, 0.2) is 53.5 Å². The molecule has 1 unspecified atom stereocenters. The molecule has 0 bridgehead atoms. The molecule has 1 aliphatic rings. The zero-order valence-electron chi connectivity index (χ0n) is 10.6. The maximum Gasteiger partial charge on any atom is 0.196 e. The van der Waals surface area contributed by atoms with Crippen molar-refractivity contribution in [1.29, 1.82) is 0 Å². The number of benzene rings is 2. The molecule has 1 atom stereocenters. The monoisotopic (exact) mass is 273 g/mol. The summed E-state index contributed by atoms with van der Waals surface area (Å²) in [6.45, 7) is 0.350. The van der Waals surface area contributed by atoms with E-state index in [1.165, 1.54) is 18.2 Å². The highest BCUT2D eigenvalue weighted by molar-refractivity contribution is 5.97. The lowest BCUT2D eigenvalue weighted by molar-refractivity contribution is 0.589. The number of nitrogens with zero attached hydrogens (tertiary/aromatic N) is 2. The van der Waals surface area contributed by atoms with Crippen molar-refractivity contribution in [2.45, 2.75) is 6.04 Å². The number of anilines is 1. The van der Waals surface area contributed by atoms with Crippen LogP contribution in [-0.2, 0) is 0 Å². The molecule has 0 spiro atoms. The van der Waals surface area contributed by atoms with Gasteiger partial charge in [0, 0.05) is 11.3 Å². The van der Waals surface area contributed by atoms with E-state index in [-0.39, 0.29) is 23.6 Å². The average molecular weight is 273 g/mol. The van der Waals surface area contributed by atoms with E-state index in [1.807, 2.05) is 0 Å². The van der Waals surface area contributed by atoms with Gasteiger partial charge in [0.1, 0.15) is 11.6 Å². The Bertz CT molecular complexity index is 670. The molecular formula is C15H13F2N3. The summed E-state index contributed by atoms with van der Waals surface area (Å²) in [6.07, 6.45) is 0. The molecule has 102 valence electrons. The highest BCUT2D eigenvalue weighted by Gasteiger charge is 2.30. The summed E-state index contributed by atoms with van der Waals surface area (Å²) in [7, 11) is 0. The molecule has 0 saturated heterocycles. The molecule has 2 aromatic carbocycles. The van der Waals surface area contributed by atoms with Gasteiger partial charge in [-0.15, -0.1) is 0 Å². The van der Waals surface area contributed by atoms with Crippen LogP contribution in [0, 0.1) is 11.6 Å². The lowest BCUT2D eigenvalue weighted by Gasteiger charge is -2.26. The van der Waals surface area contributed by atoms with Crippen molar-refractivity contribution < 1.29 is 8.78 Å². The topological polar surface area (TPSA) is 41.6 Å². The Hall–Kier alpha value is -2.43. The maximum absolute atomic E-state index is 13.9. The van der Waals surface area contributed by atoms with E-state index in [1.54, 1.807) is 35.2 Å². The van der Waals surface area contributed by atoms with Crippen LogP contribution in [0.1, 0.15) is 11.6 Å². The second-order valence-electron chi connectivity index (χ2n) is 4.59. The lowest BCUT2D eigenvalue weighted by atomic mass is 10.0. The summed E-state index contributed by atoms with van der Waals surface area (Å²) >= 11 is 0. The minimum Gasteiger partial charge on any atom is -0.369 e. The van der Waals surface area contributed by atoms with Crippen LogP contribution in [0.4, 0.5) is 14.5 Å². The highest BCUT2D eigenvalue weighted by Crippen LogP contribution is 2.32. The van der Waals surface area contributed by atoms with E-state index < -0.39 is 0 Å². The molecule has 2 aromatic rings. The van der Waals surface area contributed by atoms with E-state index in [9.17, 15) is 8.78 Å². The van der Waals surface area contributed by atoms with Crippen LogP contribution in [0.5, 0.6) is 0 Å². The number of nitrogens with two attached hydrogens (primary N) is 1. The molecule has 3 rings (SSSR count). The number of hydrogen-bond donors (Lipinski definition) is 1. The van der Waals surface area contributed by atoms with Gasteiger partial charge in [-0.25, -0.2) is 8.78 Å². The number of guanidine groups is 1. The van der Waals surface area contributed by atoms with E-state index in [4.69, 9.17) is 5.73 Å². The molecule has 1 aliphatic heterocycles. The van der Waals surface area contributed by atoms with Crippen molar-refractivity contribution in [3.05, 3.63) is 65.7 Å². The van der Waals surface area contributed by atoms with E-state index in [2.05, 4.69) is 4.99 Å². The van der Waals surface area contributed by atoms with E-state index >= 15 is 0 Å². The van der Waals surface area contributed by atoms with Crippen LogP contribution < -0.4 is 10.6 Å². The van der Waals surface area contributed by atoms with Gasteiger partial charge in [-0.2, -0.15) is 0 Å². The summed E-state index contributed by atoms with van der Waals surface area (Å²) in [6, 6.07) is 12.2. The first-order chi connectivity index (χ1) is 9.66. The standard InChI is InChI=1S/C15H13F2N3/c16-10-4-3-5-11(8-10)20-14(9-19-15(20)18)12-6-1-2-7-13(12)17/h1-8,14H,9H2,(H2,18,19). The predicted molar refractivity (Wildman–Crippen MR) is 74.5 cm³/mol. The Morgan fingerprint density at radius 2 is 1.90 bits per heavy atom.